The lowest BCUT2D eigenvalue weighted by molar-refractivity contribution is -0.131. The maximum Gasteiger partial charge on any atom is 0.249 e. The Hall–Kier alpha value is -6.24. The zero-order chi connectivity index (χ0) is 41.9. The molecule has 58 heavy (non-hydrogen) atoms. The van der Waals surface area contributed by atoms with E-state index in [0.29, 0.717) is 61.3 Å². The van der Waals surface area contributed by atoms with Crippen molar-refractivity contribution in [2.45, 2.75) is 63.3 Å². The molecule has 1 aliphatic rings. The van der Waals surface area contributed by atoms with Crippen molar-refractivity contribution in [1.29, 1.82) is 0 Å². The monoisotopic (exact) mass is 813 g/mol. The Kier molecular flexibility index (Phi) is 14.3. The van der Waals surface area contributed by atoms with Crippen molar-refractivity contribution in [1.82, 2.24) is 25.3 Å². The molecule has 1 fully saturated rings. The molecule has 18 heteroatoms. The number of carbonyl (C=O) groups is 5. The van der Waals surface area contributed by atoms with Crippen molar-refractivity contribution in [2.75, 3.05) is 35.6 Å². The van der Waals surface area contributed by atoms with Crippen LogP contribution in [-0.4, -0.2) is 73.0 Å². The second kappa shape index (κ2) is 19.3. The van der Waals surface area contributed by atoms with Crippen LogP contribution in [0.3, 0.4) is 0 Å². The highest BCUT2D eigenvalue weighted by Crippen LogP contribution is 2.27. The zero-order valence-corrected chi connectivity index (χ0v) is 33.2. The summed E-state index contributed by atoms with van der Waals surface area (Å²) >= 11 is 0. The van der Waals surface area contributed by atoms with Gasteiger partial charge in [0, 0.05) is 41.9 Å². The number of ketones is 1. The fraction of sp³-hybridized carbons (Fsp3) is 0.325. The Balaban J connectivity index is 1.06. The van der Waals surface area contributed by atoms with E-state index in [2.05, 4.69) is 41.3 Å². The van der Waals surface area contributed by atoms with Gasteiger partial charge in [0.05, 0.1) is 34.9 Å². The normalized spacial score (nSPS) is 14.5. The molecular formula is C40H47N9O8S. The number of benzene rings is 3. The van der Waals surface area contributed by atoms with Gasteiger partial charge in [-0.2, -0.15) is 4.98 Å². The number of sulfonamides is 1. The molecule has 0 saturated carbocycles. The molecule has 4 amide bonds. The third-order valence-corrected chi connectivity index (χ3v) is 10.3. The number of nitrogens with zero attached hydrogens (tertiary/aromatic N) is 2. The maximum atomic E-state index is 13.4. The Morgan fingerprint density at radius 3 is 2.47 bits per heavy atom. The number of ether oxygens (including phenoxy) is 1. The smallest absolute Gasteiger partial charge is 0.249 e. The van der Waals surface area contributed by atoms with Crippen LogP contribution in [0.1, 0.15) is 73.6 Å². The van der Waals surface area contributed by atoms with E-state index in [4.69, 9.17) is 10.5 Å². The summed E-state index contributed by atoms with van der Waals surface area (Å²) < 4.78 is 34.0. The topological polar surface area (TPSA) is 253 Å². The number of anilines is 5. The summed E-state index contributed by atoms with van der Waals surface area (Å²) in [5.74, 6) is -2.18. The van der Waals surface area contributed by atoms with Crippen LogP contribution in [0, 0.1) is 5.92 Å². The predicted molar refractivity (Wildman–Crippen MR) is 218 cm³/mol. The van der Waals surface area contributed by atoms with Gasteiger partial charge in [-0.1, -0.05) is 12.1 Å². The van der Waals surface area contributed by atoms with Crippen LogP contribution in [0.2, 0.25) is 0 Å². The number of nitrogens with two attached hydrogens (primary N) is 1. The number of nitrogens with one attached hydrogen (secondary N) is 6. The molecule has 17 nitrogen and oxygen atoms in total. The van der Waals surface area contributed by atoms with Crippen molar-refractivity contribution in [3.63, 3.8) is 0 Å². The molecular weight excluding hydrogens is 767 g/mol. The zero-order valence-electron chi connectivity index (χ0n) is 32.4. The lowest BCUT2D eigenvalue weighted by atomic mass is 9.90. The minimum Gasteiger partial charge on any atom is -0.494 e. The lowest BCUT2D eigenvalue weighted by Crippen LogP contribution is -2.40. The van der Waals surface area contributed by atoms with Gasteiger partial charge in [0.25, 0.3) is 0 Å². The lowest BCUT2D eigenvalue weighted by Gasteiger charge is -2.20. The first kappa shape index (κ1) is 42.9. The van der Waals surface area contributed by atoms with E-state index < -0.39 is 50.9 Å². The van der Waals surface area contributed by atoms with Gasteiger partial charge in [0.1, 0.15) is 11.6 Å². The number of hydrogen-bond donors (Lipinski definition) is 7. The Bertz CT molecular complexity index is 2260. The summed E-state index contributed by atoms with van der Waals surface area (Å²) in [7, 11) is -3.72. The van der Waals surface area contributed by atoms with Crippen molar-refractivity contribution in [3.05, 3.63) is 90.1 Å². The Morgan fingerprint density at radius 2 is 1.72 bits per heavy atom. The number of Topliss-reactive ketones (excluding diaryl/α,β-unsaturated/α-hetero) is 1. The van der Waals surface area contributed by atoms with E-state index in [0.717, 1.165) is 0 Å². The van der Waals surface area contributed by atoms with Crippen LogP contribution in [0.25, 0.3) is 0 Å². The van der Waals surface area contributed by atoms with Crippen LogP contribution in [0.5, 0.6) is 5.75 Å². The van der Waals surface area contributed by atoms with Crippen molar-refractivity contribution >= 4 is 68.3 Å². The largest absolute Gasteiger partial charge is 0.494 e. The van der Waals surface area contributed by atoms with Crippen molar-refractivity contribution in [2.24, 2.45) is 11.7 Å². The summed E-state index contributed by atoms with van der Waals surface area (Å²) in [6.45, 7) is 6.01. The Morgan fingerprint density at radius 1 is 0.966 bits per heavy atom. The van der Waals surface area contributed by atoms with Gasteiger partial charge in [-0.3, -0.25) is 29.3 Å². The van der Waals surface area contributed by atoms with Crippen LogP contribution in [-0.2, 0) is 24.4 Å². The molecule has 0 spiro atoms. The number of imide groups is 1. The molecule has 0 bridgehead atoms. The maximum absolute atomic E-state index is 13.4. The third-order valence-electron chi connectivity index (χ3n) is 8.58. The molecule has 0 unspecified atom stereocenters. The number of aromatic nitrogens is 2. The first-order valence-electron chi connectivity index (χ1n) is 18.6. The van der Waals surface area contributed by atoms with E-state index in [-0.39, 0.29) is 41.1 Å². The molecule has 1 saturated heterocycles. The number of rotatable bonds is 18. The standard InChI is InChI=1S/C40H47N9O8S/c1-40(2,3)49-58(55,56)29-10-5-9-27(23-29)44-33-18-20-43-39(47-33)45-26-14-16-28(17-15-26)57-21-7-19-42-24-35(52)46-31-12-6-11-30(37(41)53)36(31)32(50)22-25-8-4-13-34(51)48-38(25)54/h5-6,9-12,14-18,20,23,25,42,49H,4,7-8,13,19,21-22,24H2,1-3H3,(H2,41,53)(H,46,52)(H,48,51,54)(H2,43,44,45,47)/t25-/m1/s1. The van der Waals surface area contributed by atoms with E-state index in [1.807, 2.05) is 0 Å². The van der Waals surface area contributed by atoms with Crippen molar-refractivity contribution < 1.29 is 37.1 Å². The quantitative estimate of drug-likeness (QED) is 0.0424. The van der Waals surface area contributed by atoms with Crippen LogP contribution < -0.4 is 41.8 Å². The van der Waals surface area contributed by atoms with Crippen LogP contribution in [0.4, 0.5) is 28.8 Å². The first-order valence-corrected chi connectivity index (χ1v) is 20.1. The molecule has 1 aromatic heterocycles. The van der Waals surface area contributed by atoms with Gasteiger partial charge in [-0.15, -0.1) is 0 Å². The average Bonchev–Trinajstić information content (AvgIpc) is 3.31. The first-order chi connectivity index (χ1) is 27.6. The van der Waals surface area contributed by atoms with E-state index >= 15 is 0 Å². The molecule has 4 aromatic rings. The van der Waals surface area contributed by atoms with Gasteiger partial charge in [-0.05, 0) is 107 Å². The SMILES string of the molecule is CC(C)(C)NS(=O)(=O)c1cccc(Nc2ccnc(Nc3ccc(OCCCNCC(=O)Nc4cccc(C(N)=O)c4C(=O)C[C@H]4CCCC(=O)NC4=O)cc3)n2)c1. The summed E-state index contributed by atoms with van der Waals surface area (Å²) in [4.78, 5) is 71.4. The van der Waals surface area contributed by atoms with Gasteiger partial charge in [-0.25, -0.2) is 18.1 Å². The van der Waals surface area contributed by atoms with Crippen LogP contribution >= 0.6 is 0 Å². The molecule has 306 valence electrons. The summed E-state index contributed by atoms with van der Waals surface area (Å²) in [6, 6.07) is 19.6. The van der Waals surface area contributed by atoms with Gasteiger partial charge in [0.2, 0.25) is 39.6 Å². The fourth-order valence-electron chi connectivity index (χ4n) is 6.01. The fourth-order valence-corrected chi connectivity index (χ4v) is 7.48. The molecule has 0 aliphatic carbocycles. The molecule has 8 N–H and O–H groups in total. The van der Waals surface area contributed by atoms with Crippen molar-refractivity contribution in [3.8, 4) is 5.75 Å². The van der Waals surface area contributed by atoms with E-state index in [1.165, 1.54) is 30.3 Å². The van der Waals surface area contributed by atoms with E-state index in [9.17, 15) is 32.4 Å². The predicted octanol–water partition coefficient (Wildman–Crippen LogP) is 4.15. The minimum absolute atomic E-state index is 0.0812. The second-order valence-corrected chi connectivity index (χ2v) is 16.3. The highest BCUT2D eigenvalue weighted by molar-refractivity contribution is 7.89. The number of primary amides is 1. The number of carbonyl (C=O) groups excluding carboxylic acids is 5. The molecule has 0 radical (unpaired) electrons. The third kappa shape index (κ3) is 12.6. The molecule has 5 rings (SSSR count). The Labute approximate surface area is 336 Å². The second-order valence-electron chi connectivity index (χ2n) is 14.6. The molecule has 3 aromatic carbocycles. The summed E-state index contributed by atoms with van der Waals surface area (Å²) in [5.41, 5.74) is 6.08. The molecule has 1 aliphatic heterocycles. The number of hydrogen-bond acceptors (Lipinski definition) is 13. The van der Waals surface area contributed by atoms with Crippen LogP contribution in [0.15, 0.2) is 83.9 Å². The average molecular weight is 814 g/mol. The number of amides is 4. The van der Waals surface area contributed by atoms with Gasteiger partial charge < -0.3 is 31.7 Å². The molecule has 1 atom stereocenters. The van der Waals surface area contributed by atoms with Gasteiger partial charge in [0.15, 0.2) is 5.78 Å². The summed E-state index contributed by atoms with van der Waals surface area (Å²) in [5, 5.41) is 14.2. The highest BCUT2D eigenvalue weighted by atomic mass is 32.2. The molecule has 2 heterocycles. The van der Waals surface area contributed by atoms with Gasteiger partial charge >= 0.3 is 0 Å². The summed E-state index contributed by atoms with van der Waals surface area (Å²) in [6.07, 6.45) is 2.83. The highest BCUT2D eigenvalue weighted by Gasteiger charge is 2.30. The minimum atomic E-state index is -3.72. The van der Waals surface area contributed by atoms with E-state index in [1.54, 1.807) is 69.4 Å².